The Labute approximate surface area is 153 Å². The number of fused-ring (bicyclic) bond motifs is 1. The molecule has 1 unspecified atom stereocenters. The molecule has 0 spiro atoms. The van der Waals surface area contributed by atoms with Gasteiger partial charge in [0.25, 0.3) is 10.0 Å². The molecule has 132 valence electrons. The maximum absolute atomic E-state index is 12.9. The molecule has 2 aromatic carbocycles. The number of carbonyl (C=O) groups is 1. The zero-order valence-corrected chi connectivity index (χ0v) is 15.9. The Morgan fingerprint density at radius 1 is 1.16 bits per heavy atom. The summed E-state index contributed by atoms with van der Waals surface area (Å²) in [4.78, 5) is 13.4. The normalized spacial score (nSPS) is 17.0. The third-order valence-corrected chi connectivity index (χ3v) is 7.56. The van der Waals surface area contributed by atoms with Crippen LogP contribution in [0.2, 0.25) is 0 Å². The largest absolute Gasteiger partial charge is 0.274 e. The van der Waals surface area contributed by atoms with Crippen molar-refractivity contribution >= 4 is 27.7 Å². The zero-order valence-electron chi connectivity index (χ0n) is 14.3. The van der Waals surface area contributed by atoms with Gasteiger partial charge in [-0.25, -0.2) is 12.7 Å². The van der Waals surface area contributed by atoms with Gasteiger partial charge in [-0.15, -0.1) is 11.8 Å². The van der Waals surface area contributed by atoms with Gasteiger partial charge in [0.15, 0.2) is 0 Å². The summed E-state index contributed by atoms with van der Waals surface area (Å²) in [5.74, 6) is -0.444. The molecule has 0 fully saturated rings. The zero-order chi connectivity index (χ0) is 18.0. The van der Waals surface area contributed by atoms with Gasteiger partial charge < -0.3 is 0 Å². The molecule has 6 heteroatoms. The van der Waals surface area contributed by atoms with Gasteiger partial charge in [0.05, 0.1) is 4.90 Å². The first-order valence-electron chi connectivity index (χ1n) is 8.22. The maximum atomic E-state index is 12.9. The molecule has 1 amide bonds. The molecule has 2 aromatic rings. The van der Waals surface area contributed by atoms with E-state index < -0.39 is 15.9 Å². The number of amides is 1. The van der Waals surface area contributed by atoms with Crippen LogP contribution in [0.1, 0.15) is 24.5 Å². The van der Waals surface area contributed by atoms with Crippen molar-refractivity contribution in [3.63, 3.8) is 0 Å². The lowest BCUT2D eigenvalue weighted by Gasteiger charge is -2.29. The van der Waals surface area contributed by atoms with Gasteiger partial charge >= 0.3 is 0 Å². The van der Waals surface area contributed by atoms with Crippen LogP contribution in [0.4, 0.5) is 0 Å². The Kier molecular flexibility index (Phi) is 5.20. The molecule has 0 aliphatic carbocycles. The number of aryl methyl sites for hydroxylation is 2. The molecule has 1 atom stereocenters. The van der Waals surface area contributed by atoms with Crippen LogP contribution in [0.3, 0.4) is 0 Å². The van der Waals surface area contributed by atoms with E-state index in [9.17, 15) is 13.2 Å². The van der Waals surface area contributed by atoms with Crippen LogP contribution in [0.5, 0.6) is 0 Å². The minimum atomic E-state index is -3.82. The summed E-state index contributed by atoms with van der Waals surface area (Å²) in [5, 5.41) is 0.0685. The van der Waals surface area contributed by atoms with E-state index in [-0.39, 0.29) is 16.7 Å². The molecular weight excluding hydrogens is 354 g/mol. The third kappa shape index (κ3) is 3.90. The van der Waals surface area contributed by atoms with Crippen LogP contribution in [-0.2, 0) is 21.2 Å². The molecule has 0 aromatic heterocycles. The number of sulfonamides is 1. The van der Waals surface area contributed by atoms with E-state index >= 15 is 0 Å². The van der Waals surface area contributed by atoms with Crippen LogP contribution in [0.25, 0.3) is 0 Å². The van der Waals surface area contributed by atoms with Crippen LogP contribution < -0.4 is 0 Å². The highest BCUT2D eigenvalue weighted by Crippen LogP contribution is 2.36. The fourth-order valence-corrected chi connectivity index (χ4v) is 5.77. The van der Waals surface area contributed by atoms with Crippen molar-refractivity contribution in [1.82, 2.24) is 4.31 Å². The predicted molar refractivity (Wildman–Crippen MR) is 100 cm³/mol. The Bertz CT molecular complexity index is 876. The van der Waals surface area contributed by atoms with Crippen LogP contribution >= 0.6 is 11.8 Å². The molecular formula is C19H21NO3S2. The molecule has 0 saturated carbocycles. The number of carbonyl (C=O) groups excluding carboxylic acids is 1. The molecule has 0 radical (unpaired) electrons. The SMILES string of the molecule is CC(=O)N(CC1CCc2ccccc2S1)S(=O)(=O)c1ccc(C)cc1. The van der Waals surface area contributed by atoms with Crippen molar-refractivity contribution in [2.75, 3.05) is 6.54 Å². The Hall–Kier alpha value is -1.79. The fourth-order valence-electron chi connectivity index (χ4n) is 2.93. The van der Waals surface area contributed by atoms with E-state index in [1.54, 1.807) is 36.0 Å². The average Bonchev–Trinajstić information content (AvgIpc) is 2.59. The number of thioether (sulfide) groups is 1. The van der Waals surface area contributed by atoms with Crippen molar-refractivity contribution in [1.29, 1.82) is 0 Å². The number of hydrogen-bond acceptors (Lipinski definition) is 4. The molecule has 0 N–H and O–H groups in total. The number of benzene rings is 2. The molecule has 0 bridgehead atoms. The second-order valence-corrected chi connectivity index (χ2v) is 9.46. The van der Waals surface area contributed by atoms with Crippen molar-refractivity contribution in [2.45, 2.75) is 41.7 Å². The van der Waals surface area contributed by atoms with Gasteiger partial charge in [-0.05, 0) is 43.5 Å². The van der Waals surface area contributed by atoms with Gasteiger partial charge in [0.1, 0.15) is 0 Å². The smallest absolute Gasteiger partial charge is 0.266 e. The first-order chi connectivity index (χ1) is 11.9. The van der Waals surface area contributed by atoms with Crippen molar-refractivity contribution in [3.05, 3.63) is 59.7 Å². The summed E-state index contributed by atoms with van der Waals surface area (Å²) < 4.78 is 26.8. The van der Waals surface area contributed by atoms with Crippen molar-refractivity contribution in [3.8, 4) is 0 Å². The van der Waals surface area contributed by atoms with Crippen molar-refractivity contribution in [2.24, 2.45) is 0 Å². The number of rotatable bonds is 4. The van der Waals surface area contributed by atoms with Gasteiger partial charge in [-0.3, -0.25) is 4.79 Å². The Balaban J connectivity index is 1.83. The van der Waals surface area contributed by atoms with Gasteiger partial charge in [-0.2, -0.15) is 0 Å². The highest BCUT2D eigenvalue weighted by atomic mass is 32.2. The van der Waals surface area contributed by atoms with E-state index in [1.165, 1.54) is 17.4 Å². The molecule has 3 rings (SSSR count). The summed E-state index contributed by atoms with van der Waals surface area (Å²) in [6.45, 7) is 3.41. The Morgan fingerprint density at radius 3 is 2.52 bits per heavy atom. The summed E-state index contributed by atoms with van der Waals surface area (Å²) in [6, 6.07) is 14.8. The fraction of sp³-hybridized carbons (Fsp3) is 0.316. The standard InChI is InChI=1S/C19H21NO3S2/c1-14-7-11-18(12-8-14)25(22,23)20(15(2)21)13-17-10-9-16-5-3-4-6-19(16)24-17/h3-8,11-12,17H,9-10,13H2,1-2H3. The van der Waals surface area contributed by atoms with Gasteiger partial charge in [0.2, 0.25) is 5.91 Å². The minimum absolute atomic E-state index is 0.0685. The molecule has 4 nitrogen and oxygen atoms in total. The first-order valence-corrected chi connectivity index (χ1v) is 10.5. The first kappa shape index (κ1) is 18.0. The van der Waals surface area contributed by atoms with Crippen LogP contribution in [0.15, 0.2) is 58.3 Å². The van der Waals surface area contributed by atoms with E-state index in [4.69, 9.17) is 0 Å². The van der Waals surface area contributed by atoms with E-state index in [1.807, 2.05) is 19.1 Å². The number of nitrogens with zero attached hydrogens (tertiary/aromatic N) is 1. The summed E-state index contributed by atoms with van der Waals surface area (Å²) in [6.07, 6.45) is 1.76. The van der Waals surface area contributed by atoms with Crippen LogP contribution in [-0.4, -0.2) is 30.4 Å². The van der Waals surface area contributed by atoms with Gasteiger partial charge in [-0.1, -0.05) is 35.9 Å². The van der Waals surface area contributed by atoms with E-state index in [2.05, 4.69) is 12.1 Å². The average molecular weight is 376 g/mol. The lowest BCUT2D eigenvalue weighted by atomic mass is 10.1. The number of hydrogen-bond donors (Lipinski definition) is 0. The quantitative estimate of drug-likeness (QED) is 0.819. The molecule has 1 heterocycles. The van der Waals surface area contributed by atoms with E-state index in [0.29, 0.717) is 0 Å². The molecule has 0 saturated heterocycles. The van der Waals surface area contributed by atoms with Crippen molar-refractivity contribution < 1.29 is 13.2 Å². The van der Waals surface area contributed by atoms with Gasteiger partial charge in [0, 0.05) is 23.6 Å². The molecule has 1 aliphatic rings. The lowest BCUT2D eigenvalue weighted by Crippen LogP contribution is -2.40. The third-order valence-electron chi connectivity index (χ3n) is 4.33. The van der Waals surface area contributed by atoms with E-state index in [0.717, 1.165) is 22.7 Å². The maximum Gasteiger partial charge on any atom is 0.266 e. The highest BCUT2D eigenvalue weighted by molar-refractivity contribution is 8.00. The second kappa shape index (κ2) is 7.22. The molecule has 25 heavy (non-hydrogen) atoms. The molecule has 1 aliphatic heterocycles. The monoisotopic (exact) mass is 375 g/mol. The predicted octanol–water partition coefficient (Wildman–Crippen LogP) is 3.64. The lowest BCUT2D eigenvalue weighted by molar-refractivity contribution is -0.124. The Morgan fingerprint density at radius 2 is 1.84 bits per heavy atom. The summed E-state index contributed by atoms with van der Waals surface area (Å²) >= 11 is 1.66. The van der Waals surface area contributed by atoms with Crippen LogP contribution in [0, 0.1) is 6.92 Å². The minimum Gasteiger partial charge on any atom is -0.274 e. The highest BCUT2D eigenvalue weighted by Gasteiger charge is 2.31. The second-order valence-electron chi connectivity index (χ2n) is 6.25. The summed E-state index contributed by atoms with van der Waals surface area (Å²) in [7, 11) is -3.82. The summed E-state index contributed by atoms with van der Waals surface area (Å²) in [5.41, 5.74) is 2.27. The topological polar surface area (TPSA) is 54.5 Å².